The highest BCUT2D eigenvalue weighted by molar-refractivity contribution is 7.80. The number of halogens is 1. The van der Waals surface area contributed by atoms with Crippen LogP contribution in [0.1, 0.15) is 18.1 Å². The van der Waals surface area contributed by atoms with Crippen molar-refractivity contribution in [2.45, 2.75) is 13.8 Å². The number of nitrogens with zero attached hydrogens (tertiary/aromatic N) is 1. The van der Waals surface area contributed by atoms with Crippen LogP contribution in [-0.2, 0) is 0 Å². The Morgan fingerprint density at radius 3 is 2.40 bits per heavy atom. The maximum absolute atomic E-state index is 6.04. The van der Waals surface area contributed by atoms with Crippen LogP contribution in [0.2, 0.25) is 5.02 Å². The molecule has 0 radical (unpaired) electrons. The number of hydrogen-bond acceptors (Lipinski definition) is 2. The van der Waals surface area contributed by atoms with Crippen LogP contribution in [0.4, 0.5) is 11.4 Å². The molecule has 0 spiro atoms. The molecule has 2 N–H and O–H groups in total. The van der Waals surface area contributed by atoms with Gasteiger partial charge in [0.1, 0.15) is 4.99 Å². The molecule has 104 valence electrons. The zero-order valence-electron chi connectivity index (χ0n) is 11.6. The van der Waals surface area contributed by atoms with Gasteiger partial charge in [0, 0.05) is 22.8 Å². The van der Waals surface area contributed by atoms with Crippen LogP contribution in [-0.4, -0.2) is 11.5 Å². The number of nitrogens with two attached hydrogens (primary N) is 1. The van der Waals surface area contributed by atoms with E-state index in [0.717, 1.165) is 23.5 Å². The monoisotopic (exact) mass is 304 g/mol. The van der Waals surface area contributed by atoms with Crippen LogP contribution in [0.3, 0.4) is 0 Å². The molecular formula is C16H17ClN2S. The highest BCUT2D eigenvalue weighted by Gasteiger charge is 2.14. The van der Waals surface area contributed by atoms with Crippen molar-refractivity contribution in [1.29, 1.82) is 0 Å². The van der Waals surface area contributed by atoms with Crippen molar-refractivity contribution < 1.29 is 0 Å². The quantitative estimate of drug-likeness (QED) is 0.847. The van der Waals surface area contributed by atoms with Crippen LogP contribution in [0, 0.1) is 6.92 Å². The van der Waals surface area contributed by atoms with Gasteiger partial charge in [-0.25, -0.2) is 0 Å². The van der Waals surface area contributed by atoms with Crippen molar-refractivity contribution in [3.8, 4) is 0 Å². The molecule has 2 aromatic carbocycles. The molecule has 0 heterocycles. The number of thiocarbonyl (C=S) groups is 1. The Morgan fingerprint density at radius 2 is 1.85 bits per heavy atom. The summed E-state index contributed by atoms with van der Waals surface area (Å²) in [6.07, 6.45) is 0. The Bertz CT molecular complexity index is 623. The molecule has 2 rings (SSSR count). The summed E-state index contributed by atoms with van der Waals surface area (Å²) >= 11 is 11.2. The summed E-state index contributed by atoms with van der Waals surface area (Å²) in [5.41, 5.74) is 9.95. The molecule has 0 aromatic heterocycles. The number of benzene rings is 2. The van der Waals surface area contributed by atoms with Crippen molar-refractivity contribution in [3.05, 3.63) is 58.6 Å². The van der Waals surface area contributed by atoms with E-state index in [9.17, 15) is 0 Å². The van der Waals surface area contributed by atoms with Crippen LogP contribution < -0.4 is 10.6 Å². The second-order valence-electron chi connectivity index (χ2n) is 4.61. The lowest BCUT2D eigenvalue weighted by Crippen LogP contribution is -2.21. The van der Waals surface area contributed by atoms with Gasteiger partial charge in [0.2, 0.25) is 0 Å². The minimum absolute atomic E-state index is 0.355. The summed E-state index contributed by atoms with van der Waals surface area (Å²) in [5, 5.41) is 0.636. The van der Waals surface area contributed by atoms with Gasteiger partial charge in [0.25, 0.3) is 0 Å². The molecule has 0 bridgehead atoms. The molecule has 0 amide bonds. The van der Waals surface area contributed by atoms with Gasteiger partial charge in [0.15, 0.2) is 0 Å². The van der Waals surface area contributed by atoms with E-state index in [1.54, 1.807) is 0 Å². The fraction of sp³-hybridized carbons (Fsp3) is 0.188. The van der Waals surface area contributed by atoms with Crippen molar-refractivity contribution in [3.63, 3.8) is 0 Å². The summed E-state index contributed by atoms with van der Waals surface area (Å²) in [6, 6.07) is 14.0. The number of rotatable bonds is 4. The van der Waals surface area contributed by atoms with Crippen LogP contribution in [0.25, 0.3) is 0 Å². The van der Waals surface area contributed by atoms with Gasteiger partial charge >= 0.3 is 0 Å². The van der Waals surface area contributed by atoms with E-state index in [0.29, 0.717) is 10.0 Å². The summed E-state index contributed by atoms with van der Waals surface area (Å²) in [6.45, 7) is 4.99. The summed E-state index contributed by atoms with van der Waals surface area (Å²) in [5.74, 6) is 0. The first-order valence-electron chi connectivity index (χ1n) is 6.46. The molecule has 0 saturated carbocycles. The summed E-state index contributed by atoms with van der Waals surface area (Å²) in [7, 11) is 0. The summed E-state index contributed by atoms with van der Waals surface area (Å²) < 4.78 is 0. The molecule has 0 atom stereocenters. The molecule has 0 aliphatic rings. The maximum Gasteiger partial charge on any atom is 0.106 e. The van der Waals surface area contributed by atoms with Crippen molar-refractivity contribution in [2.75, 3.05) is 11.4 Å². The van der Waals surface area contributed by atoms with E-state index in [2.05, 4.69) is 43.0 Å². The Labute approximate surface area is 130 Å². The largest absolute Gasteiger partial charge is 0.389 e. The van der Waals surface area contributed by atoms with Crippen LogP contribution >= 0.6 is 23.8 Å². The normalized spacial score (nSPS) is 10.3. The van der Waals surface area contributed by atoms with Gasteiger partial charge in [-0.05, 0) is 44.2 Å². The summed E-state index contributed by atoms with van der Waals surface area (Å²) in [4.78, 5) is 2.53. The predicted octanol–water partition coefficient (Wildman–Crippen LogP) is 4.44. The first-order chi connectivity index (χ1) is 9.52. The van der Waals surface area contributed by atoms with Crippen molar-refractivity contribution >= 4 is 40.2 Å². The number of anilines is 2. The number of hydrogen-bond donors (Lipinski definition) is 1. The van der Waals surface area contributed by atoms with Gasteiger partial charge in [-0.2, -0.15) is 0 Å². The topological polar surface area (TPSA) is 29.3 Å². The molecule has 0 aliphatic heterocycles. The molecule has 2 nitrogen and oxygen atoms in total. The third-order valence-electron chi connectivity index (χ3n) is 3.18. The van der Waals surface area contributed by atoms with E-state index in [1.807, 2.05) is 18.2 Å². The molecule has 0 saturated heterocycles. The Balaban J connectivity index is 2.51. The Hall–Kier alpha value is -1.58. The molecule has 0 fully saturated rings. The highest BCUT2D eigenvalue weighted by Crippen LogP contribution is 2.30. The highest BCUT2D eigenvalue weighted by atomic mass is 35.5. The molecule has 0 aliphatic carbocycles. The SMILES string of the molecule is CCN(c1ccc(C)cc1)c1ccc(Cl)cc1C(N)=S. The lowest BCUT2D eigenvalue weighted by Gasteiger charge is -2.26. The minimum atomic E-state index is 0.355. The number of aryl methyl sites for hydroxylation is 1. The molecule has 0 unspecified atom stereocenters. The molecule has 20 heavy (non-hydrogen) atoms. The van der Waals surface area contributed by atoms with E-state index >= 15 is 0 Å². The molecular weight excluding hydrogens is 288 g/mol. The lowest BCUT2D eigenvalue weighted by molar-refractivity contribution is 1.02. The van der Waals surface area contributed by atoms with Crippen molar-refractivity contribution in [2.24, 2.45) is 5.73 Å². The second kappa shape index (κ2) is 6.25. The van der Waals surface area contributed by atoms with Gasteiger partial charge in [-0.3, -0.25) is 0 Å². The standard InChI is InChI=1S/C16H17ClN2S/c1-3-19(13-7-4-11(2)5-8-13)15-9-6-12(17)10-14(15)16(18)20/h4-10H,3H2,1-2H3,(H2,18,20). The van der Waals surface area contributed by atoms with E-state index in [4.69, 9.17) is 29.6 Å². The first-order valence-corrected chi connectivity index (χ1v) is 7.25. The predicted molar refractivity (Wildman–Crippen MR) is 91.2 cm³/mol. The maximum atomic E-state index is 6.04. The fourth-order valence-corrected chi connectivity index (χ4v) is 2.49. The third kappa shape index (κ3) is 3.11. The third-order valence-corrected chi connectivity index (χ3v) is 3.63. The zero-order chi connectivity index (χ0) is 14.7. The lowest BCUT2D eigenvalue weighted by atomic mass is 10.1. The van der Waals surface area contributed by atoms with E-state index in [-0.39, 0.29) is 0 Å². The van der Waals surface area contributed by atoms with Gasteiger partial charge in [-0.1, -0.05) is 41.5 Å². The van der Waals surface area contributed by atoms with Crippen LogP contribution in [0.5, 0.6) is 0 Å². The van der Waals surface area contributed by atoms with Crippen molar-refractivity contribution in [1.82, 2.24) is 0 Å². The zero-order valence-corrected chi connectivity index (χ0v) is 13.1. The second-order valence-corrected chi connectivity index (χ2v) is 5.48. The average molecular weight is 305 g/mol. The smallest absolute Gasteiger partial charge is 0.106 e. The van der Waals surface area contributed by atoms with Gasteiger partial charge in [0.05, 0.1) is 5.69 Å². The Kier molecular flexibility index (Phi) is 4.63. The minimum Gasteiger partial charge on any atom is -0.389 e. The van der Waals surface area contributed by atoms with Crippen LogP contribution in [0.15, 0.2) is 42.5 Å². The van der Waals surface area contributed by atoms with E-state index < -0.39 is 0 Å². The molecule has 2 aromatic rings. The fourth-order valence-electron chi connectivity index (χ4n) is 2.16. The molecule has 4 heteroatoms. The van der Waals surface area contributed by atoms with Gasteiger partial charge < -0.3 is 10.6 Å². The Morgan fingerprint density at radius 1 is 1.20 bits per heavy atom. The first kappa shape index (κ1) is 14.8. The van der Waals surface area contributed by atoms with E-state index in [1.165, 1.54) is 5.56 Å². The average Bonchev–Trinajstić information content (AvgIpc) is 2.43. The van der Waals surface area contributed by atoms with Gasteiger partial charge in [-0.15, -0.1) is 0 Å².